The molecule has 0 radical (unpaired) electrons. The van der Waals surface area contributed by atoms with Crippen molar-refractivity contribution in [2.24, 2.45) is 11.3 Å². The van der Waals surface area contributed by atoms with Gasteiger partial charge in [0.05, 0.1) is 5.60 Å². The van der Waals surface area contributed by atoms with Crippen molar-refractivity contribution in [3.8, 4) is 0 Å². The summed E-state index contributed by atoms with van der Waals surface area (Å²) >= 11 is 0. The number of hydrogen-bond donors (Lipinski definition) is 3. The molecule has 0 heterocycles. The first-order valence-electron chi connectivity index (χ1n) is 8.14. The molecule has 0 aromatic carbocycles. The van der Waals surface area contributed by atoms with Crippen LogP contribution >= 0.6 is 8.60 Å². The van der Waals surface area contributed by atoms with Crippen LogP contribution in [0.2, 0.25) is 0 Å². The van der Waals surface area contributed by atoms with Gasteiger partial charge >= 0.3 is 8.60 Å². The maximum Gasteiger partial charge on any atom is 0.327 e. The van der Waals surface area contributed by atoms with Gasteiger partial charge in [-0.3, -0.25) is 0 Å². The molecular formula is C17H38NO3P. The second-order valence-corrected chi connectivity index (χ2v) is 10.2. The van der Waals surface area contributed by atoms with E-state index in [4.69, 9.17) is 14.3 Å². The van der Waals surface area contributed by atoms with Crippen LogP contribution in [0.5, 0.6) is 0 Å². The molecule has 0 aromatic rings. The van der Waals surface area contributed by atoms with Crippen LogP contribution in [0.3, 0.4) is 0 Å². The van der Waals surface area contributed by atoms with Gasteiger partial charge in [-0.15, -0.1) is 0 Å². The van der Waals surface area contributed by atoms with Crippen molar-refractivity contribution in [1.82, 2.24) is 5.32 Å². The molecule has 0 aliphatic heterocycles. The van der Waals surface area contributed by atoms with Gasteiger partial charge in [-0.2, -0.15) is 0 Å². The third-order valence-corrected chi connectivity index (χ3v) is 4.99. The highest BCUT2D eigenvalue weighted by Gasteiger charge is 2.38. The Balaban J connectivity index is 4.88. The number of hydrogen-bond acceptors (Lipinski definition) is 4. The van der Waals surface area contributed by atoms with E-state index in [1.165, 1.54) is 0 Å². The van der Waals surface area contributed by atoms with Crippen LogP contribution in [0.15, 0.2) is 0 Å². The average Bonchev–Trinajstić information content (AvgIpc) is 2.06. The summed E-state index contributed by atoms with van der Waals surface area (Å²) in [6, 6.07) is 0. The molecule has 0 aromatic heterocycles. The maximum absolute atomic E-state index is 9.11. The molecule has 0 bridgehead atoms. The molecule has 0 saturated heterocycles. The topological polar surface area (TPSA) is 61.7 Å². The summed E-state index contributed by atoms with van der Waals surface area (Å²) in [5.41, 5.74) is -0.527. The van der Waals surface area contributed by atoms with E-state index in [2.05, 4.69) is 60.7 Å². The Kier molecular flexibility index (Phi) is 7.53. The van der Waals surface area contributed by atoms with E-state index in [1.54, 1.807) is 0 Å². The van der Waals surface area contributed by atoms with Crippen molar-refractivity contribution < 1.29 is 14.3 Å². The highest BCUT2D eigenvalue weighted by molar-refractivity contribution is 7.39. The second-order valence-electron chi connectivity index (χ2n) is 9.49. The van der Waals surface area contributed by atoms with Crippen molar-refractivity contribution in [2.75, 3.05) is 0 Å². The van der Waals surface area contributed by atoms with Crippen molar-refractivity contribution in [2.45, 2.75) is 98.8 Å². The van der Waals surface area contributed by atoms with Crippen LogP contribution in [0.1, 0.15) is 82.1 Å². The van der Waals surface area contributed by atoms with E-state index in [-0.39, 0.29) is 16.5 Å². The van der Waals surface area contributed by atoms with Gasteiger partial charge in [0, 0.05) is 11.1 Å². The van der Waals surface area contributed by atoms with E-state index in [1.807, 2.05) is 13.8 Å². The fraction of sp³-hybridized carbons (Fsp3) is 1.00. The van der Waals surface area contributed by atoms with Gasteiger partial charge in [0.15, 0.2) is 0 Å². The smallest absolute Gasteiger partial charge is 0.327 e. The zero-order chi connectivity index (χ0) is 18.0. The van der Waals surface area contributed by atoms with Gasteiger partial charge in [0.1, 0.15) is 0 Å². The molecule has 4 nitrogen and oxygen atoms in total. The van der Waals surface area contributed by atoms with Crippen molar-refractivity contribution in [3.05, 3.63) is 0 Å². The first kappa shape index (κ1) is 22.3. The predicted molar refractivity (Wildman–Crippen MR) is 95.7 cm³/mol. The SMILES string of the molecule is CC(C)C(C)(C)CC(C)(C)NC(C)(C)CC(C)(C)OP(O)O. The third kappa shape index (κ3) is 8.79. The molecule has 0 fully saturated rings. The zero-order valence-corrected chi connectivity index (χ0v) is 17.1. The largest absolute Gasteiger partial charge is 0.328 e. The first-order chi connectivity index (χ1) is 9.48. The van der Waals surface area contributed by atoms with Gasteiger partial charge in [0.25, 0.3) is 0 Å². The van der Waals surface area contributed by atoms with Gasteiger partial charge in [-0.1, -0.05) is 27.7 Å². The summed E-state index contributed by atoms with van der Waals surface area (Å²) in [7, 11) is -2.33. The van der Waals surface area contributed by atoms with E-state index in [9.17, 15) is 0 Å². The lowest BCUT2D eigenvalue weighted by molar-refractivity contribution is 0.0437. The lowest BCUT2D eigenvalue weighted by Gasteiger charge is -2.45. The summed E-state index contributed by atoms with van der Waals surface area (Å²) < 4.78 is 5.26. The summed E-state index contributed by atoms with van der Waals surface area (Å²) in [6.07, 6.45) is 1.75. The standard InChI is InChI=1S/C17H38NO3P/c1-13(2)14(3,4)11-15(5,6)18-16(7,8)12-17(9,10)21-22(19)20/h13,18-20H,11-12H2,1-10H3. The van der Waals surface area contributed by atoms with Crippen LogP contribution in [0, 0.1) is 11.3 Å². The van der Waals surface area contributed by atoms with E-state index < -0.39 is 14.2 Å². The highest BCUT2D eigenvalue weighted by Crippen LogP contribution is 2.39. The minimum atomic E-state index is -2.33. The Labute approximate surface area is 139 Å². The molecule has 0 rings (SSSR count). The molecule has 0 aliphatic rings. The Morgan fingerprint density at radius 1 is 0.864 bits per heavy atom. The van der Waals surface area contributed by atoms with Crippen LogP contribution in [0.4, 0.5) is 0 Å². The fourth-order valence-electron chi connectivity index (χ4n) is 3.67. The average molecular weight is 335 g/mol. The number of rotatable bonds is 9. The van der Waals surface area contributed by atoms with E-state index in [0.717, 1.165) is 6.42 Å². The molecule has 0 aliphatic carbocycles. The third-order valence-electron chi connectivity index (χ3n) is 4.33. The summed E-state index contributed by atoms with van der Waals surface area (Å²) in [4.78, 5) is 18.2. The number of nitrogens with one attached hydrogen (secondary N) is 1. The van der Waals surface area contributed by atoms with Crippen molar-refractivity contribution >= 4 is 8.60 Å². The van der Waals surface area contributed by atoms with Crippen LogP contribution in [-0.4, -0.2) is 26.5 Å². The summed E-state index contributed by atoms with van der Waals surface area (Å²) in [5.74, 6) is 0.615. The highest BCUT2D eigenvalue weighted by atomic mass is 31.2. The first-order valence-corrected chi connectivity index (χ1v) is 9.31. The Hall–Kier alpha value is 0.270. The molecule has 0 saturated carbocycles. The van der Waals surface area contributed by atoms with Crippen molar-refractivity contribution in [3.63, 3.8) is 0 Å². The molecule has 0 spiro atoms. The monoisotopic (exact) mass is 335 g/mol. The Morgan fingerprint density at radius 2 is 1.27 bits per heavy atom. The summed E-state index contributed by atoms with van der Waals surface area (Å²) in [6.45, 7) is 21.7. The van der Waals surface area contributed by atoms with Crippen LogP contribution in [-0.2, 0) is 4.52 Å². The Bertz CT molecular complexity index is 350. The predicted octanol–water partition coefficient (Wildman–Crippen LogP) is 4.60. The molecule has 0 unspecified atom stereocenters. The molecule has 134 valence electrons. The van der Waals surface area contributed by atoms with Gasteiger partial charge in [0.2, 0.25) is 0 Å². The maximum atomic E-state index is 9.11. The van der Waals surface area contributed by atoms with Crippen LogP contribution in [0.25, 0.3) is 0 Å². The lowest BCUT2D eigenvalue weighted by Crippen LogP contribution is -2.56. The fourth-order valence-corrected chi connectivity index (χ4v) is 4.17. The van der Waals surface area contributed by atoms with Gasteiger partial charge in [-0.05, 0) is 65.7 Å². The minimum Gasteiger partial charge on any atom is -0.328 e. The lowest BCUT2D eigenvalue weighted by atomic mass is 9.72. The molecule has 3 N–H and O–H groups in total. The Morgan fingerprint density at radius 3 is 1.64 bits per heavy atom. The van der Waals surface area contributed by atoms with Crippen molar-refractivity contribution in [1.29, 1.82) is 0 Å². The van der Waals surface area contributed by atoms with Gasteiger partial charge < -0.3 is 19.6 Å². The summed E-state index contributed by atoms with van der Waals surface area (Å²) in [5, 5.41) is 3.74. The molecule has 22 heavy (non-hydrogen) atoms. The van der Waals surface area contributed by atoms with E-state index >= 15 is 0 Å². The zero-order valence-electron chi connectivity index (χ0n) is 16.2. The normalized spacial score (nSPS) is 15.0. The quantitative estimate of drug-likeness (QED) is 0.539. The molecule has 0 amide bonds. The second kappa shape index (κ2) is 7.44. The van der Waals surface area contributed by atoms with E-state index in [0.29, 0.717) is 12.3 Å². The molecule has 5 heteroatoms. The minimum absolute atomic E-state index is 0.0173. The van der Waals surface area contributed by atoms with Crippen LogP contribution < -0.4 is 5.32 Å². The molecular weight excluding hydrogens is 297 g/mol. The van der Waals surface area contributed by atoms with Gasteiger partial charge in [-0.25, -0.2) is 0 Å². The molecule has 0 atom stereocenters.